The molecule has 0 radical (unpaired) electrons. The maximum absolute atomic E-state index is 3.77. The van der Waals surface area contributed by atoms with Gasteiger partial charge in [-0.05, 0) is 48.6 Å². The van der Waals surface area contributed by atoms with Crippen molar-refractivity contribution in [3.05, 3.63) is 35.4 Å². The quantitative estimate of drug-likeness (QED) is 0.736. The van der Waals surface area contributed by atoms with Gasteiger partial charge in [0.05, 0.1) is 4.87 Å². The molecule has 0 amide bonds. The van der Waals surface area contributed by atoms with Crippen LogP contribution in [0, 0.1) is 0 Å². The number of hydrogen-bond donors (Lipinski definition) is 1. The van der Waals surface area contributed by atoms with Crippen LogP contribution in [0.15, 0.2) is 24.3 Å². The van der Waals surface area contributed by atoms with Gasteiger partial charge in [-0.2, -0.15) is 0 Å². The van der Waals surface area contributed by atoms with E-state index >= 15 is 0 Å². The Kier molecular flexibility index (Phi) is 2.72. The molecular formula is C14H19NS. The molecule has 1 saturated heterocycles. The molecule has 1 aliphatic heterocycles. The van der Waals surface area contributed by atoms with Gasteiger partial charge in [0.1, 0.15) is 0 Å². The molecule has 86 valence electrons. The fourth-order valence-electron chi connectivity index (χ4n) is 3.00. The second-order valence-corrected chi connectivity index (χ2v) is 6.38. The molecule has 1 N–H and O–H groups in total. The minimum absolute atomic E-state index is 0.237. The highest BCUT2D eigenvalue weighted by Gasteiger charge is 2.39. The second-order valence-electron chi connectivity index (χ2n) is 4.98. The van der Waals surface area contributed by atoms with E-state index in [1.807, 2.05) is 0 Å². The van der Waals surface area contributed by atoms with E-state index in [1.165, 1.54) is 31.6 Å². The van der Waals surface area contributed by atoms with Gasteiger partial charge in [0.15, 0.2) is 0 Å². The summed E-state index contributed by atoms with van der Waals surface area (Å²) >= 11 is 2.12. The van der Waals surface area contributed by atoms with E-state index in [9.17, 15) is 0 Å². The molecule has 1 aromatic rings. The normalized spacial score (nSPS) is 33.7. The third kappa shape index (κ3) is 1.59. The van der Waals surface area contributed by atoms with Crippen LogP contribution in [0.2, 0.25) is 0 Å². The molecular weight excluding hydrogens is 214 g/mol. The van der Waals surface area contributed by atoms with Crippen molar-refractivity contribution in [1.82, 2.24) is 5.32 Å². The summed E-state index contributed by atoms with van der Waals surface area (Å²) in [6.45, 7) is 3.54. The molecule has 2 heteroatoms. The molecule has 0 saturated carbocycles. The first-order valence-corrected chi connectivity index (χ1v) is 7.29. The van der Waals surface area contributed by atoms with Gasteiger partial charge in [0, 0.05) is 0 Å². The lowest BCUT2D eigenvalue weighted by Gasteiger charge is -2.44. The summed E-state index contributed by atoms with van der Waals surface area (Å²) in [5.41, 5.74) is 3.12. The zero-order valence-electron chi connectivity index (χ0n) is 9.83. The third-order valence-corrected chi connectivity index (χ3v) is 5.49. The topological polar surface area (TPSA) is 12.0 Å². The molecule has 2 unspecified atom stereocenters. The summed E-state index contributed by atoms with van der Waals surface area (Å²) in [6.07, 6.45) is 3.91. The predicted octanol–water partition coefficient (Wildman–Crippen LogP) is 3.46. The van der Waals surface area contributed by atoms with Crippen molar-refractivity contribution < 1.29 is 0 Å². The molecule has 1 aromatic carbocycles. The molecule has 0 bridgehead atoms. The van der Waals surface area contributed by atoms with Crippen molar-refractivity contribution >= 4 is 11.8 Å². The molecule has 2 atom stereocenters. The summed E-state index contributed by atoms with van der Waals surface area (Å²) in [4.78, 5) is 0.237. The van der Waals surface area contributed by atoms with Crippen LogP contribution in [-0.4, -0.2) is 12.3 Å². The Morgan fingerprint density at radius 1 is 1.38 bits per heavy atom. The lowest BCUT2D eigenvalue weighted by Crippen LogP contribution is -2.46. The number of rotatable bonds is 0. The van der Waals surface area contributed by atoms with E-state index in [-0.39, 0.29) is 4.87 Å². The van der Waals surface area contributed by atoms with E-state index in [4.69, 9.17) is 0 Å². The van der Waals surface area contributed by atoms with Crippen LogP contribution in [0.5, 0.6) is 0 Å². The van der Waals surface area contributed by atoms with Gasteiger partial charge < -0.3 is 0 Å². The first kappa shape index (κ1) is 10.7. The minimum atomic E-state index is 0.237. The van der Waals surface area contributed by atoms with Crippen molar-refractivity contribution in [2.45, 2.75) is 37.0 Å². The summed E-state index contributed by atoms with van der Waals surface area (Å²) < 4.78 is 0. The molecule has 3 rings (SSSR count). The van der Waals surface area contributed by atoms with Crippen molar-refractivity contribution in [1.29, 1.82) is 0 Å². The van der Waals surface area contributed by atoms with Crippen LogP contribution >= 0.6 is 11.8 Å². The smallest absolute Gasteiger partial charge is 0.0904 e. The standard InChI is InChI=1S/C14H19NS/c1-11-7-8-14(15-9-4-10-16-14)13-6-3-2-5-12(11)13/h2-3,5-6,11,15H,4,7-10H2,1H3. The highest BCUT2D eigenvalue weighted by molar-refractivity contribution is 8.00. The summed E-state index contributed by atoms with van der Waals surface area (Å²) in [5, 5.41) is 3.77. The molecule has 1 spiro atoms. The lowest BCUT2D eigenvalue weighted by atomic mass is 9.80. The largest absolute Gasteiger partial charge is 0.299 e. The monoisotopic (exact) mass is 233 g/mol. The molecule has 1 nitrogen and oxygen atoms in total. The van der Waals surface area contributed by atoms with Gasteiger partial charge in [-0.3, -0.25) is 5.32 Å². The van der Waals surface area contributed by atoms with Crippen molar-refractivity contribution in [2.24, 2.45) is 0 Å². The Labute approximate surface area is 102 Å². The fourth-order valence-corrected chi connectivity index (χ4v) is 4.44. The van der Waals surface area contributed by atoms with E-state index < -0.39 is 0 Å². The maximum atomic E-state index is 3.77. The number of fused-ring (bicyclic) bond motifs is 2. The Morgan fingerprint density at radius 3 is 3.06 bits per heavy atom. The van der Waals surface area contributed by atoms with E-state index in [2.05, 4.69) is 48.3 Å². The van der Waals surface area contributed by atoms with Gasteiger partial charge >= 0.3 is 0 Å². The van der Waals surface area contributed by atoms with Gasteiger partial charge in [-0.15, -0.1) is 11.8 Å². The van der Waals surface area contributed by atoms with Crippen LogP contribution < -0.4 is 5.32 Å². The Bertz CT molecular complexity index is 382. The van der Waals surface area contributed by atoms with Crippen LogP contribution in [0.1, 0.15) is 43.2 Å². The van der Waals surface area contributed by atoms with Crippen molar-refractivity contribution in [2.75, 3.05) is 12.3 Å². The first-order valence-electron chi connectivity index (χ1n) is 6.30. The molecule has 1 heterocycles. The molecule has 2 aliphatic rings. The maximum Gasteiger partial charge on any atom is 0.0904 e. The Balaban J connectivity index is 2.06. The van der Waals surface area contributed by atoms with E-state index in [1.54, 1.807) is 11.1 Å². The van der Waals surface area contributed by atoms with Crippen molar-refractivity contribution in [3.63, 3.8) is 0 Å². The molecule has 0 aromatic heterocycles. The van der Waals surface area contributed by atoms with Crippen molar-refractivity contribution in [3.8, 4) is 0 Å². The van der Waals surface area contributed by atoms with Gasteiger partial charge in [-0.25, -0.2) is 0 Å². The molecule has 1 aliphatic carbocycles. The van der Waals surface area contributed by atoms with Crippen LogP contribution in [0.4, 0.5) is 0 Å². The summed E-state index contributed by atoms with van der Waals surface area (Å²) in [7, 11) is 0. The Morgan fingerprint density at radius 2 is 2.25 bits per heavy atom. The number of hydrogen-bond acceptors (Lipinski definition) is 2. The van der Waals surface area contributed by atoms with E-state index in [0.29, 0.717) is 0 Å². The second kappa shape index (κ2) is 4.08. The fraction of sp³-hybridized carbons (Fsp3) is 0.571. The minimum Gasteiger partial charge on any atom is -0.299 e. The third-order valence-electron chi connectivity index (χ3n) is 3.94. The number of thioether (sulfide) groups is 1. The van der Waals surface area contributed by atoms with Gasteiger partial charge in [0.25, 0.3) is 0 Å². The van der Waals surface area contributed by atoms with E-state index in [0.717, 1.165) is 5.92 Å². The SMILES string of the molecule is CC1CCC2(NCCCS2)c2ccccc21. The van der Waals surface area contributed by atoms with Crippen LogP contribution in [0.25, 0.3) is 0 Å². The highest BCUT2D eigenvalue weighted by Crippen LogP contribution is 2.48. The predicted molar refractivity (Wildman–Crippen MR) is 70.8 cm³/mol. The lowest BCUT2D eigenvalue weighted by molar-refractivity contribution is 0.384. The Hall–Kier alpha value is -0.470. The summed E-state index contributed by atoms with van der Waals surface area (Å²) in [6, 6.07) is 9.02. The average Bonchev–Trinajstić information content (AvgIpc) is 2.36. The zero-order valence-corrected chi connectivity index (χ0v) is 10.6. The van der Waals surface area contributed by atoms with Crippen LogP contribution in [-0.2, 0) is 4.87 Å². The first-order chi connectivity index (χ1) is 7.82. The van der Waals surface area contributed by atoms with Gasteiger partial charge in [-0.1, -0.05) is 31.2 Å². The van der Waals surface area contributed by atoms with Crippen LogP contribution in [0.3, 0.4) is 0 Å². The average molecular weight is 233 g/mol. The summed E-state index contributed by atoms with van der Waals surface area (Å²) in [5.74, 6) is 2.03. The zero-order chi connectivity index (χ0) is 11.0. The molecule has 16 heavy (non-hydrogen) atoms. The highest BCUT2D eigenvalue weighted by atomic mass is 32.2. The number of benzene rings is 1. The molecule has 1 fully saturated rings. The van der Waals surface area contributed by atoms with Gasteiger partial charge in [0.2, 0.25) is 0 Å². The number of nitrogens with one attached hydrogen (secondary N) is 1.